The largest absolute Gasteiger partial charge is 0.309 e. The third-order valence-electron chi connectivity index (χ3n) is 10.6. The van der Waals surface area contributed by atoms with Crippen molar-refractivity contribution < 1.29 is 0 Å². The summed E-state index contributed by atoms with van der Waals surface area (Å²) in [6, 6.07) is 59.3. The second-order valence-electron chi connectivity index (χ2n) is 12.9. The van der Waals surface area contributed by atoms with Crippen molar-refractivity contribution in [3.8, 4) is 39.5 Å². The number of para-hydroxylation sites is 3. The molecule has 1 aliphatic heterocycles. The molecule has 9 aromatic rings. The van der Waals surface area contributed by atoms with Gasteiger partial charge >= 0.3 is 0 Å². The molecule has 0 N–H and O–H groups in total. The normalized spacial score (nSPS) is 13.6. The Kier molecular flexibility index (Phi) is 5.04. The zero-order valence-corrected chi connectivity index (χ0v) is 25.9. The van der Waals surface area contributed by atoms with Crippen molar-refractivity contribution in [2.75, 3.05) is 0 Å². The van der Waals surface area contributed by atoms with Crippen LogP contribution in [0.5, 0.6) is 0 Å². The highest BCUT2D eigenvalue weighted by Gasteiger charge is 2.50. The van der Waals surface area contributed by atoms with Crippen molar-refractivity contribution in [3.05, 3.63) is 186 Å². The van der Waals surface area contributed by atoms with E-state index in [4.69, 9.17) is 9.97 Å². The highest BCUT2D eigenvalue weighted by atomic mass is 15.0. The van der Waals surface area contributed by atoms with E-state index in [9.17, 15) is 0 Å². The summed E-state index contributed by atoms with van der Waals surface area (Å²) >= 11 is 0. The summed E-state index contributed by atoms with van der Waals surface area (Å²) < 4.78 is 2.49. The van der Waals surface area contributed by atoms with Crippen molar-refractivity contribution in [2.24, 2.45) is 0 Å². The lowest BCUT2D eigenvalue weighted by atomic mass is 9.65. The number of hydrogen-bond acceptors (Lipinski definition) is 2. The van der Waals surface area contributed by atoms with Crippen LogP contribution in [0.15, 0.2) is 164 Å². The smallest absolute Gasteiger partial charge is 0.160 e. The minimum atomic E-state index is -0.512. The number of hydrogen-bond donors (Lipinski definition) is 0. The van der Waals surface area contributed by atoms with Gasteiger partial charge in [-0.3, -0.25) is 0 Å². The van der Waals surface area contributed by atoms with Crippen LogP contribution in [-0.4, -0.2) is 14.5 Å². The average molecular weight is 610 g/mol. The van der Waals surface area contributed by atoms with E-state index in [1.165, 1.54) is 60.9 Å². The zero-order chi connectivity index (χ0) is 31.4. The van der Waals surface area contributed by atoms with Gasteiger partial charge in [0.05, 0.1) is 33.3 Å². The molecule has 1 aliphatic carbocycles. The molecule has 0 fully saturated rings. The van der Waals surface area contributed by atoms with Gasteiger partial charge in [-0.15, -0.1) is 0 Å². The van der Waals surface area contributed by atoms with Crippen molar-refractivity contribution in [3.63, 3.8) is 0 Å². The lowest BCUT2D eigenvalue weighted by Gasteiger charge is -2.39. The first-order valence-electron chi connectivity index (χ1n) is 16.5. The van der Waals surface area contributed by atoms with Gasteiger partial charge in [0.15, 0.2) is 5.82 Å². The van der Waals surface area contributed by atoms with E-state index in [-0.39, 0.29) is 0 Å². The van der Waals surface area contributed by atoms with Crippen molar-refractivity contribution in [1.82, 2.24) is 14.5 Å². The highest BCUT2D eigenvalue weighted by molar-refractivity contribution is 6.13. The fourth-order valence-corrected chi connectivity index (χ4v) is 8.72. The fraction of sp³-hybridized carbons (Fsp3) is 0.0222. The van der Waals surface area contributed by atoms with E-state index >= 15 is 0 Å². The van der Waals surface area contributed by atoms with E-state index in [0.717, 1.165) is 33.5 Å². The van der Waals surface area contributed by atoms with E-state index in [2.05, 4.69) is 162 Å². The third kappa shape index (κ3) is 3.18. The van der Waals surface area contributed by atoms with Crippen LogP contribution in [0.1, 0.15) is 22.3 Å². The predicted octanol–water partition coefficient (Wildman–Crippen LogP) is 10.7. The van der Waals surface area contributed by atoms with Gasteiger partial charge in [0.2, 0.25) is 0 Å². The number of aromatic nitrogens is 3. The first-order chi connectivity index (χ1) is 23.8. The molecule has 7 aromatic carbocycles. The summed E-state index contributed by atoms with van der Waals surface area (Å²) in [6.07, 6.45) is 0. The van der Waals surface area contributed by atoms with Crippen LogP contribution in [0, 0.1) is 0 Å². The Balaban J connectivity index is 1.29. The van der Waals surface area contributed by atoms with Crippen LogP contribution in [0.25, 0.3) is 72.2 Å². The maximum absolute atomic E-state index is 5.30. The monoisotopic (exact) mass is 609 g/mol. The van der Waals surface area contributed by atoms with Crippen LogP contribution >= 0.6 is 0 Å². The van der Waals surface area contributed by atoms with Crippen molar-refractivity contribution in [2.45, 2.75) is 5.41 Å². The Hall–Kier alpha value is -6.32. The highest BCUT2D eigenvalue weighted by Crippen LogP contribution is 2.61. The maximum Gasteiger partial charge on any atom is 0.160 e. The van der Waals surface area contributed by atoms with Crippen LogP contribution in [0.4, 0.5) is 0 Å². The first kappa shape index (κ1) is 25.8. The van der Waals surface area contributed by atoms with Crippen molar-refractivity contribution in [1.29, 1.82) is 0 Å². The van der Waals surface area contributed by atoms with Crippen molar-refractivity contribution >= 4 is 32.7 Å². The van der Waals surface area contributed by atoms with E-state index < -0.39 is 5.41 Å². The molecule has 2 aliphatic rings. The molecule has 1 spiro atoms. The van der Waals surface area contributed by atoms with E-state index in [0.29, 0.717) is 0 Å². The minimum absolute atomic E-state index is 0.512. The molecule has 0 saturated carbocycles. The molecule has 11 rings (SSSR count). The van der Waals surface area contributed by atoms with Crippen LogP contribution in [0.2, 0.25) is 0 Å². The lowest BCUT2D eigenvalue weighted by molar-refractivity contribution is 0.748. The maximum atomic E-state index is 5.30. The lowest BCUT2D eigenvalue weighted by Crippen LogP contribution is -2.33. The quantitative estimate of drug-likeness (QED) is 0.195. The molecule has 2 aromatic heterocycles. The third-order valence-corrected chi connectivity index (χ3v) is 10.6. The summed E-state index contributed by atoms with van der Waals surface area (Å²) in [5.74, 6) is 0.728. The predicted molar refractivity (Wildman–Crippen MR) is 196 cm³/mol. The zero-order valence-electron chi connectivity index (χ0n) is 25.9. The van der Waals surface area contributed by atoms with Gasteiger partial charge < -0.3 is 4.57 Å². The molecule has 0 saturated heterocycles. The van der Waals surface area contributed by atoms with Gasteiger partial charge in [-0.05, 0) is 63.7 Å². The molecular weight excluding hydrogens is 583 g/mol. The molecule has 0 bridgehead atoms. The molecule has 0 atom stereocenters. The topological polar surface area (TPSA) is 30.7 Å². The standard InChI is InChI=1S/C45H27N3/c1-2-13-28(14-3-1)42-34-18-6-10-23-39(34)46-44(47-42)29-25-26-41-38(27-29)45(35-20-8-4-15-30(35)31-16-5-9-21-36(31)45)37-22-12-19-33-32-17-7-11-24-40(32)48(41)43(33)37/h1-27H. The summed E-state index contributed by atoms with van der Waals surface area (Å²) in [5, 5.41) is 3.60. The average Bonchev–Trinajstić information content (AvgIpc) is 3.65. The van der Waals surface area contributed by atoms with Gasteiger partial charge in [-0.2, -0.15) is 0 Å². The molecule has 3 heteroatoms. The summed E-state index contributed by atoms with van der Waals surface area (Å²) in [7, 11) is 0. The number of nitrogens with zero attached hydrogens (tertiary/aromatic N) is 3. The molecule has 3 heterocycles. The summed E-state index contributed by atoms with van der Waals surface area (Å²) in [6.45, 7) is 0. The number of rotatable bonds is 2. The Morgan fingerprint density at radius 2 is 1.08 bits per heavy atom. The first-order valence-corrected chi connectivity index (χ1v) is 16.5. The molecule has 222 valence electrons. The Bertz CT molecular complexity index is 2740. The van der Waals surface area contributed by atoms with Crippen LogP contribution < -0.4 is 0 Å². The molecule has 0 unspecified atom stereocenters. The Morgan fingerprint density at radius 1 is 0.438 bits per heavy atom. The minimum Gasteiger partial charge on any atom is -0.309 e. The molecule has 0 amide bonds. The fourth-order valence-electron chi connectivity index (χ4n) is 8.72. The van der Waals surface area contributed by atoms with E-state index in [1.807, 2.05) is 6.07 Å². The molecular formula is C45H27N3. The molecule has 0 radical (unpaired) electrons. The van der Waals surface area contributed by atoms with Gasteiger partial charge in [0, 0.05) is 27.3 Å². The van der Waals surface area contributed by atoms with Gasteiger partial charge in [-0.25, -0.2) is 9.97 Å². The van der Waals surface area contributed by atoms with Gasteiger partial charge in [0.1, 0.15) is 0 Å². The Morgan fingerprint density at radius 3 is 1.90 bits per heavy atom. The SMILES string of the molecule is c1ccc(-c2nc(-c3ccc4c(c3)C3(c5ccccc5-c5ccccc53)c3cccc5c6ccccc6n-4c35)nc3ccccc23)cc1. The Labute approximate surface area is 277 Å². The van der Waals surface area contributed by atoms with Crippen LogP contribution in [0.3, 0.4) is 0 Å². The summed E-state index contributed by atoms with van der Waals surface area (Å²) in [5.41, 5.74) is 14.9. The second kappa shape index (κ2) is 9.37. The molecule has 3 nitrogen and oxygen atoms in total. The van der Waals surface area contributed by atoms with E-state index in [1.54, 1.807) is 0 Å². The van der Waals surface area contributed by atoms with Gasteiger partial charge in [0.25, 0.3) is 0 Å². The second-order valence-corrected chi connectivity index (χ2v) is 12.9. The van der Waals surface area contributed by atoms with Crippen LogP contribution in [-0.2, 0) is 5.41 Å². The van der Waals surface area contributed by atoms with Gasteiger partial charge in [-0.1, -0.05) is 133 Å². The number of fused-ring (bicyclic) bond motifs is 13. The number of benzene rings is 7. The molecule has 48 heavy (non-hydrogen) atoms. The summed E-state index contributed by atoms with van der Waals surface area (Å²) in [4.78, 5) is 10.5.